The summed E-state index contributed by atoms with van der Waals surface area (Å²) in [6.45, 7) is 2.16. The molecule has 0 rings (SSSR count). The molecule has 0 fully saturated rings. The molecule has 0 aromatic rings. The molecule has 40 valence electrons. The standard InChI is InChI=1S/C6H10S/c1-3-5-7-6-4-2/h1H,4-6H2,2H3. The molecule has 0 saturated heterocycles. The van der Waals surface area contributed by atoms with E-state index in [0.717, 1.165) is 5.75 Å². The van der Waals surface area contributed by atoms with Gasteiger partial charge in [0.1, 0.15) is 0 Å². The number of thioether (sulfide) groups is 1. The second kappa shape index (κ2) is 5.91. The van der Waals surface area contributed by atoms with Gasteiger partial charge in [0.15, 0.2) is 0 Å². The van der Waals surface area contributed by atoms with E-state index in [4.69, 9.17) is 6.42 Å². The molecular weight excluding hydrogens is 104 g/mol. The molecule has 7 heavy (non-hydrogen) atoms. The van der Waals surface area contributed by atoms with E-state index in [1.54, 1.807) is 0 Å². The summed E-state index contributed by atoms with van der Waals surface area (Å²) in [5.41, 5.74) is 0. The van der Waals surface area contributed by atoms with E-state index in [0.29, 0.717) is 0 Å². The molecule has 0 aromatic heterocycles. The molecule has 1 heteroatoms. The zero-order valence-corrected chi connectivity index (χ0v) is 5.42. The normalized spacial score (nSPS) is 8.00. The molecule has 0 atom stereocenters. The van der Waals surface area contributed by atoms with Crippen molar-refractivity contribution in [1.82, 2.24) is 0 Å². The molecule has 0 aliphatic heterocycles. The van der Waals surface area contributed by atoms with Gasteiger partial charge in [-0.2, -0.15) is 0 Å². The van der Waals surface area contributed by atoms with Gasteiger partial charge in [0.2, 0.25) is 0 Å². The van der Waals surface area contributed by atoms with Gasteiger partial charge in [-0.15, -0.1) is 18.2 Å². The fourth-order valence-corrected chi connectivity index (χ4v) is 0.826. The molecule has 0 aliphatic rings. The number of terminal acetylenes is 1. The number of rotatable bonds is 3. The first-order chi connectivity index (χ1) is 3.41. The van der Waals surface area contributed by atoms with Crippen LogP contribution in [0.15, 0.2) is 0 Å². The molecule has 0 spiro atoms. The van der Waals surface area contributed by atoms with Crippen molar-refractivity contribution in [3.8, 4) is 12.3 Å². The van der Waals surface area contributed by atoms with Crippen LogP contribution in [0, 0.1) is 12.3 Å². The Morgan fingerprint density at radius 3 is 2.86 bits per heavy atom. The highest BCUT2D eigenvalue weighted by atomic mass is 32.2. The summed E-state index contributed by atoms with van der Waals surface area (Å²) < 4.78 is 0. The van der Waals surface area contributed by atoms with E-state index < -0.39 is 0 Å². The Labute approximate surface area is 49.7 Å². The van der Waals surface area contributed by atoms with Crippen molar-refractivity contribution in [2.24, 2.45) is 0 Å². The van der Waals surface area contributed by atoms with Crippen LogP contribution in [0.4, 0.5) is 0 Å². The third-order valence-electron chi connectivity index (χ3n) is 0.534. The van der Waals surface area contributed by atoms with Crippen LogP contribution < -0.4 is 0 Å². The van der Waals surface area contributed by atoms with E-state index in [-0.39, 0.29) is 0 Å². The van der Waals surface area contributed by atoms with Crippen LogP contribution in [0.5, 0.6) is 0 Å². The van der Waals surface area contributed by atoms with Crippen molar-refractivity contribution in [2.45, 2.75) is 13.3 Å². The smallest absolute Gasteiger partial charge is 0.0544 e. The Kier molecular flexibility index (Phi) is 5.83. The maximum Gasteiger partial charge on any atom is 0.0544 e. The molecule has 0 heterocycles. The zero-order chi connectivity index (χ0) is 5.54. The van der Waals surface area contributed by atoms with E-state index in [1.165, 1.54) is 12.2 Å². The van der Waals surface area contributed by atoms with Crippen molar-refractivity contribution in [3.05, 3.63) is 0 Å². The molecule has 0 aliphatic carbocycles. The SMILES string of the molecule is C#CCSCCC. The highest BCUT2D eigenvalue weighted by molar-refractivity contribution is 7.99. The van der Waals surface area contributed by atoms with Crippen molar-refractivity contribution in [2.75, 3.05) is 11.5 Å². The number of hydrogen-bond donors (Lipinski definition) is 0. The molecule has 0 nitrogen and oxygen atoms in total. The second-order valence-electron chi connectivity index (χ2n) is 1.26. The van der Waals surface area contributed by atoms with E-state index in [1.807, 2.05) is 11.8 Å². The lowest BCUT2D eigenvalue weighted by Crippen LogP contribution is -1.74. The van der Waals surface area contributed by atoms with Crippen LogP contribution >= 0.6 is 11.8 Å². The summed E-state index contributed by atoms with van der Waals surface area (Å²) in [6.07, 6.45) is 6.23. The predicted octanol–water partition coefficient (Wildman–Crippen LogP) is 1.76. The average Bonchev–Trinajstić information content (AvgIpc) is 1.69. The highest BCUT2D eigenvalue weighted by Crippen LogP contribution is 1.98. The van der Waals surface area contributed by atoms with Crippen LogP contribution in [0.25, 0.3) is 0 Å². The fraction of sp³-hybridized carbons (Fsp3) is 0.667. The van der Waals surface area contributed by atoms with Gasteiger partial charge < -0.3 is 0 Å². The first-order valence-electron chi connectivity index (χ1n) is 2.43. The topological polar surface area (TPSA) is 0 Å². The second-order valence-corrected chi connectivity index (χ2v) is 2.36. The van der Waals surface area contributed by atoms with Crippen molar-refractivity contribution >= 4 is 11.8 Å². The van der Waals surface area contributed by atoms with E-state index in [2.05, 4.69) is 12.8 Å². The van der Waals surface area contributed by atoms with Gasteiger partial charge in [0.05, 0.1) is 5.75 Å². The summed E-state index contributed by atoms with van der Waals surface area (Å²) in [5.74, 6) is 4.63. The summed E-state index contributed by atoms with van der Waals surface area (Å²) in [4.78, 5) is 0. The fourth-order valence-electron chi connectivity index (χ4n) is 0.275. The minimum Gasteiger partial charge on any atom is -0.149 e. The monoisotopic (exact) mass is 114 g/mol. The maximum atomic E-state index is 5.00. The molecule has 0 unspecified atom stereocenters. The summed E-state index contributed by atoms with van der Waals surface area (Å²) in [6, 6.07) is 0. The molecule has 0 N–H and O–H groups in total. The van der Waals surface area contributed by atoms with Gasteiger partial charge in [-0.05, 0) is 12.2 Å². The van der Waals surface area contributed by atoms with Gasteiger partial charge in [-0.25, -0.2) is 0 Å². The lowest BCUT2D eigenvalue weighted by molar-refractivity contribution is 1.11. The van der Waals surface area contributed by atoms with Crippen LogP contribution in [0.3, 0.4) is 0 Å². The number of hydrogen-bond acceptors (Lipinski definition) is 1. The summed E-state index contributed by atoms with van der Waals surface area (Å²) in [5, 5.41) is 0. The zero-order valence-electron chi connectivity index (χ0n) is 4.61. The van der Waals surface area contributed by atoms with Crippen molar-refractivity contribution in [1.29, 1.82) is 0 Å². The first kappa shape index (κ1) is 6.91. The van der Waals surface area contributed by atoms with Gasteiger partial charge in [-0.1, -0.05) is 12.8 Å². The van der Waals surface area contributed by atoms with Crippen LogP contribution in [-0.4, -0.2) is 11.5 Å². The van der Waals surface area contributed by atoms with Crippen molar-refractivity contribution in [3.63, 3.8) is 0 Å². The van der Waals surface area contributed by atoms with E-state index in [9.17, 15) is 0 Å². The first-order valence-corrected chi connectivity index (χ1v) is 3.58. The highest BCUT2D eigenvalue weighted by Gasteiger charge is 1.77. The third kappa shape index (κ3) is 5.91. The summed E-state index contributed by atoms with van der Waals surface area (Å²) >= 11 is 1.82. The Morgan fingerprint density at radius 1 is 1.71 bits per heavy atom. The van der Waals surface area contributed by atoms with Crippen LogP contribution in [0.1, 0.15) is 13.3 Å². The molecule has 0 aromatic carbocycles. The van der Waals surface area contributed by atoms with Crippen LogP contribution in [0.2, 0.25) is 0 Å². The lowest BCUT2D eigenvalue weighted by atomic mass is 10.6. The average molecular weight is 114 g/mol. The van der Waals surface area contributed by atoms with Gasteiger partial charge in [-0.3, -0.25) is 0 Å². The quantitative estimate of drug-likeness (QED) is 0.398. The minimum absolute atomic E-state index is 0.869. The molecule has 0 radical (unpaired) electrons. The Morgan fingerprint density at radius 2 is 2.43 bits per heavy atom. The van der Waals surface area contributed by atoms with Gasteiger partial charge in [0, 0.05) is 0 Å². The molecule has 0 saturated carbocycles. The van der Waals surface area contributed by atoms with Gasteiger partial charge >= 0.3 is 0 Å². The molecule has 0 amide bonds. The Hall–Kier alpha value is -0.0900. The van der Waals surface area contributed by atoms with Crippen LogP contribution in [-0.2, 0) is 0 Å². The van der Waals surface area contributed by atoms with E-state index >= 15 is 0 Å². The summed E-state index contributed by atoms with van der Waals surface area (Å²) in [7, 11) is 0. The van der Waals surface area contributed by atoms with Gasteiger partial charge in [0.25, 0.3) is 0 Å². The lowest BCUT2D eigenvalue weighted by Gasteiger charge is -1.86. The Bertz CT molecular complexity index is 61.1. The molecule has 0 bridgehead atoms. The minimum atomic E-state index is 0.869. The predicted molar refractivity (Wildman–Crippen MR) is 36.4 cm³/mol. The Balaban J connectivity index is 2.60. The van der Waals surface area contributed by atoms with Crippen molar-refractivity contribution < 1.29 is 0 Å². The maximum absolute atomic E-state index is 5.00. The largest absolute Gasteiger partial charge is 0.149 e. The molecular formula is C6H10S. The third-order valence-corrected chi connectivity index (χ3v) is 1.60.